The summed E-state index contributed by atoms with van der Waals surface area (Å²) < 4.78 is 53.7. The van der Waals surface area contributed by atoms with Gasteiger partial charge in [-0.25, -0.2) is 4.39 Å². The number of anilines is 1. The number of rotatable bonds is 5. The maximum absolute atomic E-state index is 14.5. The lowest BCUT2D eigenvalue weighted by Crippen LogP contribution is -2.59. The highest BCUT2D eigenvalue weighted by Crippen LogP contribution is 2.34. The van der Waals surface area contributed by atoms with Gasteiger partial charge in [0.15, 0.2) is 5.82 Å². The van der Waals surface area contributed by atoms with Crippen molar-refractivity contribution in [2.45, 2.75) is 45.1 Å². The summed E-state index contributed by atoms with van der Waals surface area (Å²) >= 11 is 0. The van der Waals surface area contributed by atoms with Gasteiger partial charge in [0.05, 0.1) is 17.3 Å². The maximum Gasteiger partial charge on any atom is 0.419 e. The van der Waals surface area contributed by atoms with Crippen LogP contribution in [0.2, 0.25) is 0 Å². The van der Waals surface area contributed by atoms with E-state index in [2.05, 4.69) is 38.9 Å². The lowest BCUT2D eigenvalue weighted by Gasteiger charge is -2.45. The van der Waals surface area contributed by atoms with E-state index in [1.165, 1.54) is 12.1 Å². The summed E-state index contributed by atoms with van der Waals surface area (Å²) in [7, 11) is 2.12. The fraction of sp³-hybridized carbons (Fsp3) is 0.417. The third-order valence-corrected chi connectivity index (χ3v) is 6.59. The Labute approximate surface area is 190 Å². The minimum atomic E-state index is -4.76. The molecular formula is C24H27F4N5. The van der Waals surface area contributed by atoms with E-state index in [1.54, 1.807) is 0 Å². The Morgan fingerprint density at radius 2 is 2.00 bits per heavy atom. The zero-order chi connectivity index (χ0) is 23.9. The Bertz CT molecular complexity index is 1190. The quantitative estimate of drug-likeness (QED) is 0.694. The molecular weight excluding hydrogens is 434 g/mol. The molecule has 2 atom stereocenters. The number of benzene rings is 1. The smallest absolute Gasteiger partial charge is 0.366 e. The van der Waals surface area contributed by atoms with Gasteiger partial charge in [0.25, 0.3) is 0 Å². The molecule has 2 aliphatic heterocycles. The second kappa shape index (κ2) is 8.78. The number of likely N-dealkylation sites (N-methyl/N-ethyl adjacent to an activating group) is 1. The van der Waals surface area contributed by atoms with Crippen LogP contribution in [0.3, 0.4) is 0 Å². The molecule has 4 rings (SSSR count). The molecule has 2 aromatic rings. The van der Waals surface area contributed by atoms with Gasteiger partial charge in [-0.1, -0.05) is 24.8 Å². The number of aromatic nitrogens is 2. The van der Waals surface area contributed by atoms with Crippen molar-refractivity contribution in [3.8, 4) is 0 Å². The van der Waals surface area contributed by atoms with E-state index >= 15 is 0 Å². The van der Waals surface area contributed by atoms with Gasteiger partial charge in [0, 0.05) is 47.4 Å². The van der Waals surface area contributed by atoms with Crippen molar-refractivity contribution in [3.05, 3.63) is 63.6 Å². The predicted molar refractivity (Wildman–Crippen MR) is 120 cm³/mol. The molecule has 0 radical (unpaired) electrons. The molecule has 1 N–H and O–H groups in total. The van der Waals surface area contributed by atoms with Crippen molar-refractivity contribution in [2.24, 2.45) is 0 Å². The van der Waals surface area contributed by atoms with Crippen LogP contribution in [-0.4, -0.2) is 52.2 Å². The highest BCUT2D eigenvalue weighted by molar-refractivity contribution is 5.54. The maximum atomic E-state index is 14.5. The summed E-state index contributed by atoms with van der Waals surface area (Å²) in [6.07, 6.45) is 0.161. The van der Waals surface area contributed by atoms with Gasteiger partial charge >= 0.3 is 6.18 Å². The number of hydrogen-bond donors (Lipinski definition) is 1. The van der Waals surface area contributed by atoms with Crippen LogP contribution in [0, 0.1) is 12.7 Å². The molecule has 9 heteroatoms. The van der Waals surface area contributed by atoms with Gasteiger partial charge in [0.2, 0.25) is 0 Å². The molecule has 0 spiro atoms. The number of fused-ring (bicyclic) bond motifs is 1. The average molecular weight is 462 g/mol. The van der Waals surface area contributed by atoms with Gasteiger partial charge < -0.3 is 10.2 Å². The molecule has 0 bridgehead atoms. The first kappa shape index (κ1) is 23.2. The fourth-order valence-electron chi connectivity index (χ4n) is 4.78. The fourth-order valence-corrected chi connectivity index (χ4v) is 4.78. The van der Waals surface area contributed by atoms with Crippen LogP contribution in [-0.2, 0) is 12.7 Å². The highest BCUT2D eigenvalue weighted by Gasteiger charge is 2.44. The number of hydrogen-bond acceptors (Lipinski definition) is 5. The van der Waals surface area contributed by atoms with Crippen LogP contribution in [0.5, 0.6) is 0 Å². The Kier molecular flexibility index (Phi) is 6.18. The van der Waals surface area contributed by atoms with Crippen molar-refractivity contribution in [2.75, 3.05) is 25.5 Å². The van der Waals surface area contributed by atoms with Gasteiger partial charge in [-0.05, 0) is 39.5 Å². The van der Waals surface area contributed by atoms with Crippen molar-refractivity contribution in [1.29, 1.82) is 0 Å². The van der Waals surface area contributed by atoms with Gasteiger partial charge in [-0.15, -0.1) is 5.10 Å². The Balaban J connectivity index is 1.66. The second-order valence-electron chi connectivity index (χ2n) is 8.57. The summed E-state index contributed by atoms with van der Waals surface area (Å²) in [5.41, 5.74) is 0.182. The van der Waals surface area contributed by atoms with E-state index in [0.29, 0.717) is 17.9 Å². The van der Waals surface area contributed by atoms with Crippen molar-refractivity contribution in [1.82, 2.24) is 20.0 Å². The third-order valence-electron chi connectivity index (χ3n) is 6.59. The zero-order valence-electron chi connectivity index (χ0n) is 18.9. The first-order chi connectivity index (χ1) is 15.6. The van der Waals surface area contributed by atoms with Gasteiger partial charge in [-0.3, -0.25) is 4.90 Å². The van der Waals surface area contributed by atoms with Crippen LogP contribution in [0.15, 0.2) is 30.5 Å². The number of alkyl halides is 3. The first-order valence-corrected chi connectivity index (χ1v) is 10.9. The molecule has 2 saturated heterocycles. The number of nitrogens with one attached hydrogen (secondary N) is 1. The molecule has 0 saturated carbocycles. The minimum absolute atomic E-state index is 0.0982. The lowest BCUT2D eigenvalue weighted by atomic mass is 9.98. The van der Waals surface area contributed by atoms with Crippen LogP contribution in [0.4, 0.5) is 23.4 Å². The summed E-state index contributed by atoms with van der Waals surface area (Å²) in [5.74, 6) is -0.917. The average Bonchev–Trinajstić information content (AvgIpc) is 3.10. The molecule has 1 aromatic heterocycles. The predicted octanol–water partition coefficient (Wildman–Crippen LogP) is 3.04. The molecule has 3 heterocycles. The molecule has 5 nitrogen and oxygen atoms in total. The third kappa shape index (κ3) is 4.34. The Morgan fingerprint density at radius 3 is 2.64 bits per heavy atom. The summed E-state index contributed by atoms with van der Waals surface area (Å²) in [4.78, 5) is 4.62. The van der Waals surface area contributed by atoms with Crippen molar-refractivity contribution in [3.63, 3.8) is 0 Å². The number of likely N-dealkylation sites (tertiary alicyclic amines) is 2. The molecule has 1 aromatic carbocycles. The van der Waals surface area contributed by atoms with Crippen LogP contribution >= 0.6 is 0 Å². The monoisotopic (exact) mass is 461 g/mol. The number of aryl methyl sites for hydroxylation is 1. The second-order valence-corrected chi connectivity index (χ2v) is 8.57. The van der Waals surface area contributed by atoms with Gasteiger partial charge in [0.1, 0.15) is 5.82 Å². The molecule has 2 aliphatic rings. The van der Waals surface area contributed by atoms with Crippen LogP contribution < -0.4 is 15.8 Å². The standard InChI is InChI=1S/C24H27F4N5/c1-5-17-15(3)30-31-23(29-12-16-7-6-8-19(22(16)25)24(26,27)28)18(17)11-14(2)33-10-9-20-21(33)13-32(20)4/h5-8,11,20-21H,2,9-10,12-13H2,1,3-4H3,(H,29,31)/b17-5-,18-11+. The van der Waals surface area contributed by atoms with Gasteiger partial charge in [-0.2, -0.15) is 18.3 Å². The highest BCUT2D eigenvalue weighted by atomic mass is 19.4. The summed E-state index contributed by atoms with van der Waals surface area (Å²) in [5, 5.41) is 13.0. The largest absolute Gasteiger partial charge is 0.419 e. The lowest BCUT2D eigenvalue weighted by molar-refractivity contribution is -0.140. The minimum Gasteiger partial charge on any atom is -0.366 e. The first-order valence-electron chi connectivity index (χ1n) is 10.9. The van der Waals surface area contributed by atoms with E-state index in [4.69, 9.17) is 0 Å². The summed E-state index contributed by atoms with van der Waals surface area (Å²) in [6, 6.07) is 4.22. The van der Waals surface area contributed by atoms with Crippen LogP contribution in [0.1, 0.15) is 30.2 Å². The molecule has 0 amide bonds. The Hall–Kier alpha value is -2.94. The number of allylic oxidation sites excluding steroid dienone is 1. The van der Waals surface area contributed by atoms with Crippen molar-refractivity contribution < 1.29 is 17.6 Å². The molecule has 33 heavy (non-hydrogen) atoms. The van der Waals surface area contributed by atoms with E-state index in [1.807, 2.05) is 26.0 Å². The van der Waals surface area contributed by atoms with E-state index in [0.717, 1.165) is 47.4 Å². The molecule has 0 aliphatic carbocycles. The molecule has 2 unspecified atom stereocenters. The topological polar surface area (TPSA) is 44.3 Å². The molecule has 2 fully saturated rings. The molecule has 176 valence electrons. The van der Waals surface area contributed by atoms with E-state index < -0.39 is 17.6 Å². The normalized spacial score (nSPS) is 21.8. The summed E-state index contributed by atoms with van der Waals surface area (Å²) in [6.45, 7) is 9.72. The number of halogens is 4. The van der Waals surface area contributed by atoms with Crippen molar-refractivity contribution >= 4 is 18.0 Å². The van der Waals surface area contributed by atoms with E-state index in [9.17, 15) is 17.6 Å². The zero-order valence-corrected chi connectivity index (χ0v) is 18.9. The Morgan fingerprint density at radius 1 is 1.24 bits per heavy atom. The number of nitrogens with zero attached hydrogens (tertiary/aromatic N) is 4. The van der Waals surface area contributed by atoms with E-state index in [-0.39, 0.29) is 12.1 Å². The van der Waals surface area contributed by atoms with Crippen LogP contribution in [0.25, 0.3) is 12.2 Å². The SMILES string of the molecule is C=C(/C=c1/c(NCc2cccc(C(F)(F)F)c2F)nnc(C)/c1=C/C)N1CCC2C1CN2C.